The zero-order chi connectivity index (χ0) is 55.4. The fourth-order valence-corrected chi connectivity index (χ4v) is 5.75. The SMILES string of the molecule is C=CCN.C=CCNC(=O)C1CC(C)CC(C(=O)NCC=C)C1(F)F.CC1CC(C(=O)OC(F)(F)F)C(F)(F)C(C(=O)OC(F)(F)F)C1.CF.O=C(F)C(F)(F)C(F)(F)C(F)(F)CCOC(F)(F)F. The summed E-state index contributed by atoms with van der Waals surface area (Å²) in [6.07, 6.45) is -15.9. The number of nitrogens with one attached hydrogen (secondary N) is 2. The predicted octanol–water partition coefficient (Wildman–Crippen LogP) is 9.33. The van der Waals surface area contributed by atoms with Gasteiger partial charge in [0, 0.05) is 26.1 Å². The predicted molar refractivity (Wildman–Crippen MR) is 195 cm³/mol. The molecule has 0 radical (unpaired) electrons. The van der Waals surface area contributed by atoms with Crippen molar-refractivity contribution in [3.8, 4) is 0 Å². The fraction of sp³-hybridized carbons (Fsp3) is 0.703. The minimum Gasteiger partial charge on any atom is -0.373 e. The molecule has 0 heterocycles. The van der Waals surface area contributed by atoms with Crippen molar-refractivity contribution in [3.05, 3.63) is 38.0 Å². The van der Waals surface area contributed by atoms with E-state index in [1.165, 1.54) is 19.1 Å². The Labute approximate surface area is 378 Å². The van der Waals surface area contributed by atoms with Crippen molar-refractivity contribution in [2.75, 3.05) is 33.4 Å². The summed E-state index contributed by atoms with van der Waals surface area (Å²) in [4.78, 5) is 55.8. The quantitative estimate of drug-likeness (QED) is 0.0628. The van der Waals surface area contributed by atoms with E-state index < -0.39 is 134 Å². The maximum atomic E-state index is 14.5. The number of carbonyl (C=O) groups excluding carboxylic acids is 5. The molecule has 2 saturated carbocycles. The minimum atomic E-state index is -6.50. The molecule has 2 aliphatic carbocycles. The van der Waals surface area contributed by atoms with E-state index in [2.05, 4.69) is 44.6 Å². The van der Waals surface area contributed by atoms with E-state index in [1.807, 2.05) is 0 Å². The smallest absolute Gasteiger partial charge is 0.373 e. The van der Waals surface area contributed by atoms with Gasteiger partial charge in [0.1, 0.15) is 23.7 Å². The molecule has 69 heavy (non-hydrogen) atoms. The molecule has 0 aliphatic heterocycles. The Morgan fingerprint density at radius 1 is 0.594 bits per heavy atom. The normalized spacial score (nSPS) is 22.2. The number of ether oxygens (including phenoxy) is 3. The van der Waals surface area contributed by atoms with Crippen molar-refractivity contribution in [2.45, 2.75) is 94.7 Å². The van der Waals surface area contributed by atoms with Gasteiger partial charge in [-0.05, 0) is 37.5 Å². The van der Waals surface area contributed by atoms with Crippen molar-refractivity contribution < 1.29 is 130 Å². The Morgan fingerprint density at radius 2 is 0.899 bits per heavy atom. The van der Waals surface area contributed by atoms with Gasteiger partial charge in [0.15, 0.2) is 0 Å². The van der Waals surface area contributed by atoms with Crippen LogP contribution in [-0.4, -0.2) is 112 Å². The Bertz CT molecular complexity index is 1600. The van der Waals surface area contributed by atoms with Gasteiger partial charge in [-0.15, -0.1) is 59.3 Å². The third-order valence-electron chi connectivity index (χ3n) is 8.84. The Kier molecular flexibility index (Phi) is 28.0. The summed E-state index contributed by atoms with van der Waals surface area (Å²) in [6.45, 7) is 11.9. The highest BCUT2D eigenvalue weighted by Crippen LogP contribution is 2.49. The maximum absolute atomic E-state index is 14.5. The first kappa shape index (κ1) is 68.5. The van der Waals surface area contributed by atoms with Gasteiger partial charge in [0.25, 0.3) is 11.8 Å². The molecule has 0 spiro atoms. The van der Waals surface area contributed by atoms with Gasteiger partial charge < -0.3 is 25.8 Å². The molecule has 0 aromatic heterocycles. The first-order valence-electron chi connectivity index (χ1n) is 18.9. The first-order valence-corrected chi connectivity index (χ1v) is 18.9. The summed E-state index contributed by atoms with van der Waals surface area (Å²) in [5, 5.41) is 4.79. The number of amides is 2. The number of rotatable bonds is 15. The standard InChI is InChI=1S/C15H22F2N2O2.C11H10F8O4.C7H4F10O2.C3H7N.CH3F/c1-4-6-18-13(20)11-8-10(3)9-12(15(11,16)17)14(21)19-7-5-2;1-4-2-5(7(20)22-10(14,15)16)9(12,13)6(3-4)8(21)23-11(17,18)19;8-3(18)5(11,12)6(13,14)4(9,10)1-2-19-7(15,16)17;1-2-3-4;1-2/h4-5,10-12H,1-2,6-9H2,3H3,(H,18,20)(H,19,21);4-6H,2-3H2,1H3;1-2H2;2H,1,3-4H2;1H3. The molecule has 0 aromatic rings. The number of hydrogen-bond donors (Lipinski definition) is 3. The molecule has 11 nitrogen and oxygen atoms in total. The van der Waals surface area contributed by atoms with Crippen LogP contribution in [0.3, 0.4) is 0 Å². The summed E-state index contributed by atoms with van der Waals surface area (Å²) < 4.78 is 267. The number of nitrogens with two attached hydrogens (primary N) is 1. The molecule has 2 amide bonds. The first-order chi connectivity index (χ1) is 31.0. The zero-order valence-corrected chi connectivity index (χ0v) is 36.0. The third-order valence-corrected chi connectivity index (χ3v) is 8.84. The van der Waals surface area contributed by atoms with E-state index in [0.717, 1.165) is 0 Å². The van der Waals surface area contributed by atoms with Crippen LogP contribution >= 0.6 is 0 Å². The molecule has 2 aliphatic rings. The van der Waals surface area contributed by atoms with Gasteiger partial charge in [-0.2, -0.15) is 30.7 Å². The van der Waals surface area contributed by atoms with Crippen LogP contribution in [0.25, 0.3) is 0 Å². The summed E-state index contributed by atoms with van der Waals surface area (Å²) >= 11 is 0. The lowest BCUT2D eigenvalue weighted by atomic mass is 9.72. The van der Waals surface area contributed by atoms with Gasteiger partial charge in [0.05, 0.1) is 13.8 Å². The van der Waals surface area contributed by atoms with E-state index in [9.17, 15) is 116 Å². The van der Waals surface area contributed by atoms with E-state index in [-0.39, 0.29) is 31.8 Å². The topological polar surface area (TPSA) is 163 Å². The number of carbonyl (C=O) groups is 5. The van der Waals surface area contributed by atoms with Crippen molar-refractivity contribution in [1.82, 2.24) is 10.6 Å². The second kappa shape index (κ2) is 28.2. The van der Waals surface area contributed by atoms with Crippen LogP contribution in [0.15, 0.2) is 38.0 Å². The number of halogens is 21. The molecule has 2 rings (SSSR count). The third kappa shape index (κ3) is 22.7. The Hall–Kier alpha value is -4.78. The average molecular weight is 1060 g/mol. The molecule has 4 unspecified atom stereocenters. The van der Waals surface area contributed by atoms with Crippen LogP contribution in [0.4, 0.5) is 92.2 Å². The molecule has 0 aromatic carbocycles. The van der Waals surface area contributed by atoms with Gasteiger partial charge >= 0.3 is 54.8 Å². The largest absolute Gasteiger partial charge is 0.575 e. The average Bonchev–Trinajstić information content (AvgIpc) is 3.19. The summed E-state index contributed by atoms with van der Waals surface area (Å²) in [6, 6.07) is -4.03. The molecule has 32 heteroatoms. The van der Waals surface area contributed by atoms with Crippen molar-refractivity contribution >= 4 is 29.8 Å². The van der Waals surface area contributed by atoms with Gasteiger partial charge in [0.2, 0.25) is 11.8 Å². The van der Waals surface area contributed by atoms with E-state index in [4.69, 9.17) is 5.73 Å². The monoisotopic (exact) mass is 1060 g/mol. The second-order valence-corrected chi connectivity index (χ2v) is 14.2. The van der Waals surface area contributed by atoms with Crippen LogP contribution in [0.2, 0.25) is 0 Å². The van der Waals surface area contributed by atoms with Crippen LogP contribution in [0, 0.1) is 35.5 Å². The van der Waals surface area contributed by atoms with Crippen LogP contribution < -0.4 is 16.4 Å². The van der Waals surface area contributed by atoms with Gasteiger partial charge in [-0.3, -0.25) is 33.1 Å². The highest BCUT2D eigenvalue weighted by molar-refractivity contribution is 5.84. The molecular weight excluding hydrogens is 1010 g/mol. The van der Waals surface area contributed by atoms with Crippen LogP contribution in [0.5, 0.6) is 0 Å². The molecule has 2 fully saturated rings. The number of hydrogen-bond acceptors (Lipinski definition) is 9. The Balaban J connectivity index is -0.000000897. The molecular formula is C37H46F21N3O8. The summed E-state index contributed by atoms with van der Waals surface area (Å²) in [5.41, 5.74) is 4.91. The lowest BCUT2D eigenvalue weighted by Gasteiger charge is -2.39. The fourth-order valence-electron chi connectivity index (χ4n) is 5.75. The molecule has 4 atom stereocenters. The van der Waals surface area contributed by atoms with Crippen molar-refractivity contribution in [3.63, 3.8) is 0 Å². The number of esters is 2. The van der Waals surface area contributed by atoms with Crippen LogP contribution in [-0.2, 0) is 38.2 Å². The van der Waals surface area contributed by atoms with E-state index in [1.54, 1.807) is 13.0 Å². The maximum Gasteiger partial charge on any atom is 0.575 e. The summed E-state index contributed by atoms with van der Waals surface area (Å²) in [7, 11) is 0.500. The van der Waals surface area contributed by atoms with Crippen molar-refractivity contribution in [1.29, 1.82) is 0 Å². The lowest BCUT2D eigenvalue weighted by Crippen LogP contribution is -2.57. The summed E-state index contributed by atoms with van der Waals surface area (Å²) in [5.74, 6) is -42.1. The van der Waals surface area contributed by atoms with E-state index in [0.29, 0.717) is 13.7 Å². The minimum absolute atomic E-state index is 0.0706. The lowest BCUT2D eigenvalue weighted by molar-refractivity contribution is -0.339. The van der Waals surface area contributed by atoms with Crippen molar-refractivity contribution in [2.24, 2.45) is 41.2 Å². The molecule has 0 bridgehead atoms. The van der Waals surface area contributed by atoms with Gasteiger partial charge in [-0.1, -0.05) is 32.1 Å². The number of alkyl halides is 20. The Morgan fingerprint density at radius 3 is 1.16 bits per heavy atom. The highest BCUT2D eigenvalue weighted by Gasteiger charge is 2.75. The molecule has 4 N–H and O–H groups in total. The molecule has 404 valence electrons. The molecule has 0 saturated heterocycles. The zero-order valence-electron chi connectivity index (χ0n) is 36.0. The highest BCUT2D eigenvalue weighted by atomic mass is 19.4. The van der Waals surface area contributed by atoms with Crippen LogP contribution in [0.1, 0.15) is 46.0 Å². The second-order valence-electron chi connectivity index (χ2n) is 14.2. The van der Waals surface area contributed by atoms with Gasteiger partial charge in [-0.25, -0.2) is 17.6 Å². The van der Waals surface area contributed by atoms with E-state index >= 15 is 0 Å².